The Bertz CT molecular complexity index is 804. The van der Waals surface area contributed by atoms with Crippen LogP contribution in [0.2, 0.25) is 5.02 Å². The van der Waals surface area contributed by atoms with E-state index in [9.17, 15) is 9.59 Å². The lowest BCUT2D eigenvalue weighted by Gasteiger charge is -2.17. The second-order valence-electron chi connectivity index (χ2n) is 7.25. The van der Waals surface area contributed by atoms with Gasteiger partial charge in [0.2, 0.25) is 5.91 Å². The number of amides is 1. The highest BCUT2D eigenvalue weighted by atomic mass is 35.5. The number of nitrogens with one attached hydrogen (secondary N) is 1. The highest BCUT2D eigenvalue weighted by Crippen LogP contribution is 2.41. The number of carbonyl (C=O) groups is 2. The Morgan fingerprint density at radius 1 is 1.19 bits per heavy atom. The summed E-state index contributed by atoms with van der Waals surface area (Å²) >= 11 is 7.36. The fourth-order valence-corrected chi connectivity index (χ4v) is 3.85. The van der Waals surface area contributed by atoms with Crippen molar-refractivity contribution >= 4 is 39.8 Å². The molecule has 2 aromatic rings. The second kappa shape index (κ2) is 8.23. The molecule has 4 nitrogen and oxygen atoms in total. The maximum absolute atomic E-state index is 12.6. The van der Waals surface area contributed by atoms with Gasteiger partial charge >= 0.3 is 5.97 Å². The molecule has 2 rings (SSSR count). The molecular weight excluding hydrogens is 370 g/mol. The molecule has 1 heterocycles. The first-order chi connectivity index (χ1) is 12.1. The normalized spacial score (nSPS) is 11.3. The number of hydrogen-bond donors (Lipinski definition) is 1. The van der Waals surface area contributed by atoms with E-state index in [-0.39, 0.29) is 17.9 Å². The van der Waals surface area contributed by atoms with Gasteiger partial charge in [-0.25, -0.2) is 4.79 Å². The van der Waals surface area contributed by atoms with Gasteiger partial charge < -0.3 is 10.1 Å². The topological polar surface area (TPSA) is 55.4 Å². The van der Waals surface area contributed by atoms with Crippen molar-refractivity contribution in [1.82, 2.24) is 0 Å². The molecule has 0 unspecified atom stereocenters. The van der Waals surface area contributed by atoms with Gasteiger partial charge in [-0.05, 0) is 37.0 Å². The molecular formula is C20H24ClNO3S. The largest absolute Gasteiger partial charge is 0.462 e. The van der Waals surface area contributed by atoms with Gasteiger partial charge in [-0.3, -0.25) is 4.79 Å². The van der Waals surface area contributed by atoms with E-state index in [4.69, 9.17) is 16.3 Å². The van der Waals surface area contributed by atoms with Gasteiger partial charge in [-0.1, -0.05) is 44.5 Å². The summed E-state index contributed by atoms with van der Waals surface area (Å²) in [6.45, 7) is 9.95. The summed E-state index contributed by atoms with van der Waals surface area (Å²) in [5, 5.41) is 4.05. The molecule has 0 fully saturated rings. The van der Waals surface area contributed by atoms with Gasteiger partial charge in [0.15, 0.2) is 0 Å². The summed E-state index contributed by atoms with van der Waals surface area (Å²) < 4.78 is 5.24. The average molecular weight is 394 g/mol. The van der Waals surface area contributed by atoms with Crippen LogP contribution in [0.15, 0.2) is 24.3 Å². The van der Waals surface area contributed by atoms with Crippen molar-refractivity contribution in [2.75, 3.05) is 11.9 Å². The lowest BCUT2D eigenvalue weighted by atomic mass is 9.92. The van der Waals surface area contributed by atoms with Crippen molar-refractivity contribution in [2.45, 2.75) is 41.0 Å². The summed E-state index contributed by atoms with van der Waals surface area (Å²) in [5.74, 6) is -0.556. The van der Waals surface area contributed by atoms with Gasteiger partial charge in [0, 0.05) is 21.9 Å². The number of hydrogen-bond acceptors (Lipinski definition) is 4. The van der Waals surface area contributed by atoms with Crippen LogP contribution in [0, 0.1) is 12.3 Å². The smallest absolute Gasteiger partial charge is 0.341 e. The van der Waals surface area contributed by atoms with E-state index in [1.807, 2.05) is 39.8 Å². The summed E-state index contributed by atoms with van der Waals surface area (Å²) in [6, 6.07) is 7.28. The Kier molecular flexibility index (Phi) is 6.48. The molecule has 1 aromatic carbocycles. The number of rotatable bonds is 5. The molecule has 1 N–H and O–H groups in total. The third kappa shape index (κ3) is 5.08. The molecule has 0 saturated carbocycles. The van der Waals surface area contributed by atoms with Gasteiger partial charge in [0.05, 0.1) is 6.61 Å². The van der Waals surface area contributed by atoms with Crippen LogP contribution in [-0.2, 0) is 9.53 Å². The maximum atomic E-state index is 12.6. The number of aryl methyl sites for hydroxylation is 1. The Labute approximate surface area is 163 Å². The molecule has 0 aliphatic rings. The van der Waals surface area contributed by atoms with Crippen LogP contribution in [0.1, 0.15) is 49.4 Å². The zero-order valence-electron chi connectivity index (χ0n) is 15.7. The molecule has 0 aliphatic carbocycles. The minimum Gasteiger partial charge on any atom is -0.462 e. The molecule has 1 aromatic heterocycles. The van der Waals surface area contributed by atoms with Gasteiger partial charge in [-0.15, -0.1) is 11.3 Å². The molecule has 6 heteroatoms. The SMILES string of the molecule is CCOC(=O)c1c(NC(=O)CC(C)(C)C)sc(C)c1-c1ccc(Cl)cc1. The van der Waals surface area contributed by atoms with Crippen molar-refractivity contribution in [3.63, 3.8) is 0 Å². The molecule has 0 aliphatic heterocycles. The molecule has 0 radical (unpaired) electrons. The lowest BCUT2D eigenvalue weighted by molar-refractivity contribution is -0.117. The van der Waals surface area contributed by atoms with Crippen molar-refractivity contribution in [3.05, 3.63) is 39.7 Å². The third-order valence-electron chi connectivity index (χ3n) is 3.64. The number of carbonyl (C=O) groups excluding carboxylic acids is 2. The minimum absolute atomic E-state index is 0.119. The number of ether oxygens (including phenoxy) is 1. The highest BCUT2D eigenvalue weighted by Gasteiger charge is 2.26. The van der Waals surface area contributed by atoms with Crippen molar-refractivity contribution in [3.8, 4) is 11.1 Å². The highest BCUT2D eigenvalue weighted by molar-refractivity contribution is 7.17. The first kappa shape index (κ1) is 20.5. The summed E-state index contributed by atoms with van der Waals surface area (Å²) in [7, 11) is 0. The van der Waals surface area contributed by atoms with E-state index in [1.165, 1.54) is 11.3 Å². The molecule has 26 heavy (non-hydrogen) atoms. The number of anilines is 1. The zero-order chi connectivity index (χ0) is 19.5. The number of benzene rings is 1. The summed E-state index contributed by atoms with van der Waals surface area (Å²) in [5.41, 5.74) is 1.90. The van der Waals surface area contributed by atoms with Crippen LogP contribution in [0.3, 0.4) is 0 Å². The quantitative estimate of drug-likeness (QED) is 0.640. The van der Waals surface area contributed by atoms with Crippen LogP contribution in [0.5, 0.6) is 0 Å². The Morgan fingerprint density at radius 3 is 2.35 bits per heavy atom. The first-order valence-electron chi connectivity index (χ1n) is 8.48. The molecule has 140 valence electrons. The van der Waals surface area contributed by atoms with Gasteiger partial charge in [-0.2, -0.15) is 0 Å². The van der Waals surface area contributed by atoms with E-state index in [0.717, 1.165) is 16.0 Å². The Balaban J connectivity index is 2.48. The van der Waals surface area contributed by atoms with Crippen LogP contribution < -0.4 is 5.32 Å². The predicted molar refractivity (Wildman–Crippen MR) is 108 cm³/mol. The van der Waals surface area contributed by atoms with E-state index in [0.29, 0.717) is 22.0 Å². The predicted octanol–water partition coefficient (Wildman–Crippen LogP) is 5.93. The molecule has 0 saturated heterocycles. The van der Waals surface area contributed by atoms with Crippen LogP contribution in [0.25, 0.3) is 11.1 Å². The minimum atomic E-state index is -0.437. The van der Waals surface area contributed by atoms with Crippen molar-refractivity contribution < 1.29 is 14.3 Å². The van der Waals surface area contributed by atoms with E-state index in [1.54, 1.807) is 19.1 Å². The van der Waals surface area contributed by atoms with E-state index < -0.39 is 5.97 Å². The lowest BCUT2D eigenvalue weighted by Crippen LogP contribution is -2.20. The van der Waals surface area contributed by atoms with Crippen LogP contribution in [-0.4, -0.2) is 18.5 Å². The average Bonchev–Trinajstić information content (AvgIpc) is 2.82. The van der Waals surface area contributed by atoms with Crippen molar-refractivity contribution in [1.29, 1.82) is 0 Å². The molecule has 0 atom stereocenters. The Hall–Kier alpha value is -1.85. The Morgan fingerprint density at radius 2 is 1.81 bits per heavy atom. The number of esters is 1. The summed E-state index contributed by atoms with van der Waals surface area (Å²) in [4.78, 5) is 25.9. The van der Waals surface area contributed by atoms with Crippen LogP contribution >= 0.6 is 22.9 Å². The monoisotopic (exact) mass is 393 g/mol. The van der Waals surface area contributed by atoms with E-state index in [2.05, 4.69) is 5.32 Å². The van der Waals surface area contributed by atoms with Gasteiger partial charge in [0.1, 0.15) is 10.6 Å². The second-order valence-corrected chi connectivity index (χ2v) is 8.91. The fourth-order valence-electron chi connectivity index (χ4n) is 2.65. The third-order valence-corrected chi connectivity index (χ3v) is 4.91. The van der Waals surface area contributed by atoms with Gasteiger partial charge in [0.25, 0.3) is 0 Å². The van der Waals surface area contributed by atoms with Crippen LogP contribution in [0.4, 0.5) is 5.00 Å². The van der Waals surface area contributed by atoms with E-state index >= 15 is 0 Å². The summed E-state index contributed by atoms with van der Waals surface area (Å²) in [6.07, 6.45) is 0.364. The number of halogens is 1. The number of thiophene rings is 1. The zero-order valence-corrected chi connectivity index (χ0v) is 17.3. The first-order valence-corrected chi connectivity index (χ1v) is 9.68. The molecule has 1 amide bonds. The van der Waals surface area contributed by atoms with Crippen molar-refractivity contribution in [2.24, 2.45) is 5.41 Å². The maximum Gasteiger partial charge on any atom is 0.341 e. The standard InChI is InChI=1S/C20H24ClNO3S/c1-6-25-19(24)17-16(13-7-9-14(21)10-8-13)12(2)26-18(17)22-15(23)11-20(3,4)5/h7-10H,6,11H2,1-5H3,(H,22,23). The molecule has 0 bridgehead atoms. The fraction of sp³-hybridized carbons (Fsp3) is 0.400. The molecule has 0 spiro atoms.